The summed E-state index contributed by atoms with van der Waals surface area (Å²) in [4.78, 5) is 22.1. The number of hydrogen-bond acceptors (Lipinski definition) is 3. The van der Waals surface area contributed by atoms with Crippen LogP contribution >= 0.6 is 0 Å². The summed E-state index contributed by atoms with van der Waals surface area (Å²) in [5.41, 5.74) is 1.77. The van der Waals surface area contributed by atoms with Gasteiger partial charge >= 0.3 is 0 Å². The largest absolute Gasteiger partial charge is 0.327 e. The van der Waals surface area contributed by atoms with Crippen LogP contribution in [0.2, 0.25) is 0 Å². The van der Waals surface area contributed by atoms with Gasteiger partial charge in [0, 0.05) is 12.4 Å². The normalized spacial score (nSPS) is 10.5. The van der Waals surface area contributed by atoms with E-state index in [0.29, 0.717) is 11.0 Å². The van der Waals surface area contributed by atoms with Crippen LogP contribution in [0.25, 0.3) is 11.0 Å². The van der Waals surface area contributed by atoms with Gasteiger partial charge in [0.05, 0.1) is 11.2 Å². The average Bonchev–Trinajstić information content (AvgIpc) is 2.18. The third kappa shape index (κ3) is 1.30. The van der Waals surface area contributed by atoms with Crippen LogP contribution in [-0.4, -0.2) is 15.0 Å². The Morgan fingerprint density at radius 2 is 2.38 bits per heavy atom. The fourth-order valence-electron chi connectivity index (χ4n) is 1.17. The molecule has 0 aliphatic carbocycles. The van der Waals surface area contributed by atoms with Crippen molar-refractivity contribution in [1.82, 2.24) is 15.0 Å². The minimum absolute atomic E-state index is 0.187. The predicted octanol–water partition coefficient (Wildman–Crippen LogP) is 0.880. The van der Waals surface area contributed by atoms with E-state index in [9.17, 15) is 4.79 Å². The molecule has 0 saturated carbocycles. The number of nitrogens with zero attached hydrogens (tertiary/aromatic N) is 2. The van der Waals surface area contributed by atoms with Crippen LogP contribution in [0.15, 0.2) is 23.3 Å². The van der Waals surface area contributed by atoms with Gasteiger partial charge in [0.15, 0.2) is 5.52 Å². The lowest BCUT2D eigenvalue weighted by Crippen LogP contribution is -2.07. The smallest absolute Gasteiger partial charge is 0.276 e. The molecule has 0 aliphatic heterocycles. The van der Waals surface area contributed by atoms with Crippen molar-refractivity contribution in [2.24, 2.45) is 0 Å². The Morgan fingerprint density at radius 1 is 1.54 bits per heavy atom. The zero-order valence-corrected chi connectivity index (χ0v) is 7.24. The number of fused-ring (bicyclic) bond motifs is 1. The molecule has 0 atom stereocenters. The fourth-order valence-corrected chi connectivity index (χ4v) is 1.17. The highest BCUT2D eigenvalue weighted by molar-refractivity contribution is 5.72. The first-order chi connectivity index (χ1) is 6.31. The number of rotatable bonds is 1. The first kappa shape index (κ1) is 7.91. The summed E-state index contributed by atoms with van der Waals surface area (Å²) in [7, 11) is 0. The van der Waals surface area contributed by atoms with E-state index in [-0.39, 0.29) is 5.56 Å². The van der Waals surface area contributed by atoms with Crippen molar-refractivity contribution in [1.29, 1.82) is 0 Å². The summed E-state index contributed by atoms with van der Waals surface area (Å²) in [5, 5.41) is 0. The van der Waals surface area contributed by atoms with E-state index >= 15 is 0 Å². The molecule has 4 heteroatoms. The Kier molecular flexibility index (Phi) is 1.81. The van der Waals surface area contributed by atoms with Crippen molar-refractivity contribution in [2.45, 2.75) is 13.3 Å². The lowest BCUT2D eigenvalue weighted by atomic mass is 10.3. The Hall–Kier alpha value is -1.71. The molecular weight excluding hydrogens is 166 g/mol. The van der Waals surface area contributed by atoms with Gasteiger partial charge in [-0.1, -0.05) is 6.92 Å². The molecule has 1 N–H and O–H groups in total. The SMILES string of the molecule is CCc1cnc2c(=O)[nH]ccc2n1. The molecule has 0 saturated heterocycles. The van der Waals surface area contributed by atoms with Crippen LogP contribution in [0.1, 0.15) is 12.6 Å². The summed E-state index contributed by atoms with van der Waals surface area (Å²) >= 11 is 0. The van der Waals surface area contributed by atoms with Gasteiger partial charge < -0.3 is 4.98 Å². The molecular formula is C9H9N3O. The molecule has 0 radical (unpaired) electrons. The van der Waals surface area contributed by atoms with E-state index in [1.807, 2.05) is 6.92 Å². The molecule has 0 bridgehead atoms. The number of aromatic nitrogens is 3. The van der Waals surface area contributed by atoms with Crippen molar-refractivity contribution in [3.05, 3.63) is 34.5 Å². The van der Waals surface area contributed by atoms with Crippen LogP contribution in [0.4, 0.5) is 0 Å². The summed E-state index contributed by atoms with van der Waals surface area (Å²) in [6, 6.07) is 1.75. The topological polar surface area (TPSA) is 58.6 Å². The second-order valence-corrected chi connectivity index (χ2v) is 2.76. The minimum Gasteiger partial charge on any atom is -0.327 e. The van der Waals surface area contributed by atoms with E-state index in [0.717, 1.165) is 12.1 Å². The molecule has 2 rings (SSSR count). The average molecular weight is 175 g/mol. The maximum Gasteiger partial charge on any atom is 0.276 e. The second kappa shape index (κ2) is 2.97. The molecule has 0 aromatic carbocycles. The lowest BCUT2D eigenvalue weighted by molar-refractivity contribution is 1.02. The molecule has 2 aromatic heterocycles. The van der Waals surface area contributed by atoms with Crippen molar-refractivity contribution >= 4 is 11.0 Å². The van der Waals surface area contributed by atoms with E-state index < -0.39 is 0 Å². The van der Waals surface area contributed by atoms with Crippen LogP contribution in [0.3, 0.4) is 0 Å². The number of aromatic amines is 1. The van der Waals surface area contributed by atoms with Gasteiger partial charge in [-0.3, -0.25) is 4.79 Å². The first-order valence-electron chi connectivity index (χ1n) is 4.14. The van der Waals surface area contributed by atoms with Gasteiger partial charge in [-0.15, -0.1) is 0 Å². The molecule has 0 amide bonds. The van der Waals surface area contributed by atoms with Crippen molar-refractivity contribution in [3.63, 3.8) is 0 Å². The molecule has 0 aliphatic rings. The summed E-state index contributed by atoms with van der Waals surface area (Å²) in [5.74, 6) is 0. The molecule has 0 spiro atoms. The third-order valence-corrected chi connectivity index (χ3v) is 1.88. The maximum atomic E-state index is 11.2. The van der Waals surface area contributed by atoms with Gasteiger partial charge in [0.2, 0.25) is 0 Å². The van der Waals surface area contributed by atoms with Gasteiger partial charge in [-0.25, -0.2) is 9.97 Å². The molecule has 2 heterocycles. The quantitative estimate of drug-likeness (QED) is 0.699. The Morgan fingerprint density at radius 3 is 3.15 bits per heavy atom. The maximum absolute atomic E-state index is 11.2. The van der Waals surface area contributed by atoms with E-state index in [1.165, 1.54) is 0 Å². The van der Waals surface area contributed by atoms with Crippen LogP contribution in [0, 0.1) is 0 Å². The Balaban J connectivity index is 2.80. The van der Waals surface area contributed by atoms with Crippen LogP contribution in [0.5, 0.6) is 0 Å². The van der Waals surface area contributed by atoms with Gasteiger partial charge in [0.1, 0.15) is 0 Å². The summed E-state index contributed by atoms with van der Waals surface area (Å²) in [6.07, 6.45) is 4.05. The van der Waals surface area contributed by atoms with Crippen molar-refractivity contribution in [2.75, 3.05) is 0 Å². The van der Waals surface area contributed by atoms with Crippen LogP contribution in [-0.2, 0) is 6.42 Å². The van der Waals surface area contributed by atoms with Gasteiger partial charge in [-0.05, 0) is 12.5 Å². The molecule has 66 valence electrons. The van der Waals surface area contributed by atoms with E-state index in [2.05, 4.69) is 15.0 Å². The number of aryl methyl sites for hydroxylation is 1. The highest BCUT2D eigenvalue weighted by Gasteiger charge is 2.00. The molecule has 0 fully saturated rings. The zero-order valence-electron chi connectivity index (χ0n) is 7.24. The molecule has 13 heavy (non-hydrogen) atoms. The fraction of sp³-hybridized carbons (Fsp3) is 0.222. The monoisotopic (exact) mass is 175 g/mol. The Bertz CT molecular complexity index is 489. The lowest BCUT2D eigenvalue weighted by Gasteiger charge is -1.97. The molecule has 4 nitrogen and oxygen atoms in total. The number of nitrogens with one attached hydrogen (secondary N) is 1. The van der Waals surface area contributed by atoms with E-state index in [4.69, 9.17) is 0 Å². The van der Waals surface area contributed by atoms with E-state index in [1.54, 1.807) is 18.5 Å². The third-order valence-electron chi connectivity index (χ3n) is 1.88. The molecule has 2 aromatic rings. The number of hydrogen-bond donors (Lipinski definition) is 1. The van der Waals surface area contributed by atoms with Crippen LogP contribution < -0.4 is 5.56 Å². The standard InChI is InChI=1S/C9H9N3O/c1-2-6-5-11-8-7(12-6)3-4-10-9(8)13/h3-5H,2H2,1H3,(H,10,13). The number of H-pyrrole nitrogens is 1. The van der Waals surface area contributed by atoms with Crippen molar-refractivity contribution < 1.29 is 0 Å². The second-order valence-electron chi connectivity index (χ2n) is 2.76. The first-order valence-corrected chi connectivity index (χ1v) is 4.14. The zero-order chi connectivity index (χ0) is 9.26. The summed E-state index contributed by atoms with van der Waals surface area (Å²) in [6.45, 7) is 2.00. The minimum atomic E-state index is -0.187. The highest BCUT2D eigenvalue weighted by atomic mass is 16.1. The van der Waals surface area contributed by atoms with Gasteiger partial charge in [-0.2, -0.15) is 0 Å². The van der Waals surface area contributed by atoms with Crippen molar-refractivity contribution in [3.8, 4) is 0 Å². The summed E-state index contributed by atoms with van der Waals surface area (Å²) < 4.78 is 0. The highest BCUT2D eigenvalue weighted by Crippen LogP contribution is 2.03. The van der Waals surface area contributed by atoms with Gasteiger partial charge in [0.25, 0.3) is 5.56 Å². The predicted molar refractivity (Wildman–Crippen MR) is 49.5 cm³/mol. The number of pyridine rings is 1. The Labute approximate surface area is 74.7 Å². The molecule has 0 unspecified atom stereocenters.